The Morgan fingerprint density at radius 1 is 0.971 bits per heavy atom. The van der Waals surface area contributed by atoms with E-state index in [-0.39, 0.29) is 23.8 Å². The van der Waals surface area contributed by atoms with Crippen LogP contribution in [0, 0.1) is 5.92 Å². The van der Waals surface area contributed by atoms with Crippen LogP contribution in [0.1, 0.15) is 50.2 Å². The van der Waals surface area contributed by atoms with Gasteiger partial charge in [0, 0.05) is 63.0 Å². The maximum Gasteiger partial charge on any atom is 0.321 e. The third-order valence-corrected chi connectivity index (χ3v) is 6.53. The summed E-state index contributed by atoms with van der Waals surface area (Å²) < 4.78 is 0. The molecule has 0 radical (unpaired) electrons. The van der Waals surface area contributed by atoms with Crippen molar-refractivity contribution in [1.82, 2.24) is 20.1 Å². The van der Waals surface area contributed by atoms with E-state index < -0.39 is 6.04 Å². The van der Waals surface area contributed by atoms with Crippen LogP contribution in [0.4, 0.5) is 10.5 Å². The molecule has 0 saturated carbocycles. The van der Waals surface area contributed by atoms with E-state index in [1.165, 1.54) is 6.92 Å². The Morgan fingerprint density at radius 3 is 2.21 bits per heavy atom. The minimum absolute atomic E-state index is 0.0110. The maximum absolute atomic E-state index is 12.8. The summed E-state index contributed by atoms with van der Waals surface area (Å²) in [6, 6.07) is 11.3. The van der Waals surface area contributed by atoms with Crippen molar-refractivity contribution in [2.75, 3.05) is 31.5 Å². The van der Waals surface area contributed by atoms with Crippen LogP contribution in [0.15, 0.2) is 48.8 Å². The predicted molar refractivity (Wildman–Crippen MR) is 130 cm³/mol. The topological polar surface area (TPSA) is 94.6 Å². The summed E-state index contributed by atoms with van der Waals surface area (Å²) >= 11 is 0. The molecule has 0 spiro atoms. The lowest BCUT2D eigenvalue weighted by atomic mass is 9.90. The van der Waals surface area contributed by atoms with Crippen LogP contribution in [-0.4, -0.2) is 64.9 Å². The van der Waals surface area contributed by atoms with Crippen molar-refractivity contribution in [3.05, 3.63) is 59.9 Å². The number of benzene rings is 1. The summed E-state index contributed by atoms with van der Waals surface area (Å²) in [5.74, 6) is 0.735. The van der Waals surface area contributed by atoms with Gasteiger partial charge in [-0.05, 0) is 41.7 Å². The van der Waals surface area contributed by atoms with Gasteiger partial charge in [-0.1, -0.05) is 32.0 Å². The van der Waals surface area contributed by atoms with Crippen molar-refractivity contribution in [2.24, 2.45) is 5.92 Å². The third kappa shape index (κ3) is 5.55. The number of urea groups is 1. The van der Waals surface area contributed by atoms with Gasteiger partial charge in [0.25, 0.3) is 0 Å². The van der Waals surface area contributed by atoms with Crippen molar-refractivity contribution in [1.29, 1.82) is 0 Å². The van der Waals surface area contributed by atoms with Crippen LogP contribution in [0.5, 0.6) is 0 Å². The molecule has 1 aromatic carbocycles. The third-order valence-electron chi connectivity index (χ3n) is 6.53. The Balaban J connectivity index is 1.24. The highest BCUT2D eigenvalue weighted by Crippen LogP contribution is 2.30. The molecule has 1 atom stereocenters. The largest absolute Gasteiger partial charge is 0.345 e. The Morgan fingerprint density at radius 2 is 1.62 bits per heavy atom. The average molecular weight is 464 g/mol. The second-order valence-corrected chi connectivity index (χ2v) is 9.76. The first-order valence-corrected chi connectivity index (χ1v) is 11.9. The minimum atomic E-state index is -0.463. The molecular weight excluding hydrogens is 430 g/mol. The number of amides is 4. The molecule has 180 valence electrons. The molecule has 0 unspecified atom stereocenters. The lowest BCUT2D eigenvalue weighted by Crippen LogP contribution is -2.56. The van der Waals surface area contributed by atoms with Crippen LogP contribution < -0.4 is 10.6 Å². The van der Waals surface area contributed by atoms with E-state index in [1.807, 2.05) is 61.3 Å². The van der Waals surface area contributed by atoms with Gasteiger partial charge in [0.15, 0.2) is 0 Å². The van der Waals surface area contributed by atoms with Gasteiger partial charge in [-0.25, -0.2) is 4.79 Å². The van der Waals surface area contributed by atoms with Crippen molar-refractivity contribution in [3.8, 4) is 0 Å². The van der Waals surface area contributed by atoms with E-state index >= 15 is 0 Å². The van der Waals surface area contributed by atoms with E-state index in [2.05, 4.69) is 15.6 Å². The average Bonchev–Trinajstić information content (AvgIpc) is 2.72. The number of pyridine rings is 1. The summed E-state index contributed by atoms with van der Waals surface area (Å²) in [6.45, 7) is 8.20. The molecule has 8 heteroatoms. The van der Waals surface area contributed by atoms with E-state index in [0.717, 1.165) is 16.8 Å². The number of carbonyl (C=O) groups is 3. The summed E-state index contributed by atoms with van der Waals surface area (Å²) in [6.07, 6.45) is 4.25. The normalized spacial score (nSPS) is 17.1. The summed E-state index contributed by atoms with van der Waals surface area (Å²) in [4.78, 5) is 44.6. The van der Waals surface area contributed by atoms with Crippen molar-refractivity contribution in [3.63, 3.8) is 0 Å². The number of aromatic nitrogens is 1. The monoisotopic (exact) mass is 463 g/mol. The van der Waals surface area contributed by atoms with Crippen LogP contribution in [0.25, 0.3) is 0 Å². The molecule has 4 amide bonds. The fourth-order valence-electron chi connectivity index (χ4n) is 4.54. The number of rotatable bonds is 7. The zero-order chi connectivity index (χ0) is 24.2. The number of nitrogens with zero attached hydrogens (tertiary/aromatic N) is 3. The molecule has 2 saturated heterocycles. The van der Waals surface area contributed by atoms with Gasteiger partial charge >= 0.3 is 6.03 Å². The standard InChI is InChI=1S/C26H33N5O3/c1-17(2)11-24(28-18(3)32)25(33)30-13-21(14-30)19-6-8-23(9-7-19)29-26(34)31-15-22(16-31)20-5-4-10-27-12-20/h4-10,12,17,21-22,24H,11,13-16H2,1-3H3,(H,28,32)(H,29,34)/t24-/m0/s1. The molecule has 4 rings (SSSR count). The van der Waals surface area contributed by atoms with Crippen LogP contribution >= 0.6 is 0 Å². The fourth-order valence-corrected chi connectivity index (χ4v) is 4.54. The highest BCUT2D eigenvalue weighted by Gasteiger charge is 2.36. The molecule has 1 aromatic heterocycles. The highest BCUT2D eigenvalue weighted by molar-refractivity contribution is 5.90. The van der Waals surface area contributed by atoms with Gasteiger partial charge in [0.1, 0.15) is 6.04 Å². The predicted octanol–water partition coefficient (Wildman–Crippen LogP) is 3.19. The van der Waals surface area contributed by atoms with Crippen LogP contribution in [0.3, 0.4) is 0 Å². The van der Waals surface area contributed by atoms with E-state index in [9.17, 15) is 14.4 Å². The highest BCUT2D eigenvalue weighted by atomic mass is 16.2. The molecule has 8 nitrogen and oxygen atoms in total. The molecule has 34 heavy (non-hydrogen) atoms. The van der Waals surface area contributed by atoms with Crippen molar-refractivity contribution >= 4 is 23.5 Å². The lowest BCUT2D eigenvalue weighted by molar-refractivity contribution is -0.140. The van der Waals surface area contributed by atoms with Gasteiger partial charge in [0.2, 0.25) is 11.8 Å². The van der Waals surface area contributed by atoms with E-state index in [1.54, 1.807) is 11.1 Å². The minimum Gasteiger partial charge on any atom is -0.345 e. The quantitative estimate of drug-likeness (QED) is 0.659. The van der Waals surface area contributed by atoms with Crippen LogP contribution in [-0.2, 0) is 9.59 Å². The number of nitrogens with one attached hydrogen (secondary N) is 2. The summed E-state index contributed by atoms with van der Waals surface area (Å²) in [7, 11) is 0. The Labute approximate surface area is 200 Å². The second-order valence-electron chi connectivity index (χ2n) is 9.76. The molecule has 2 N–H and O–H groups in total. The lowest BCUT2D eigenvalue weighted by Gasteiger charge is -2.41. The second kappa shape index (κ2) is 10.2. The molecule has 2 aliphatic heterocycles. The van der Waals surface area contributed by atoms with Gasteiger partial charge < -0.3 is 20.4 Å². The summed E-state index contributed by atoms with van der Waals surface area (Å²) in [5, 5.41) is 5.76. The fraction of sp³-hybridized carbons (Fsp3) is 0.462. The van der Waals surface area contributed by atoms with Gasteiger partial charge in [-0.3, -0.25) is 14.6 Å². The molecule has 2 aromatic rings. The number of carbonyl (C=O) groups excluding carboxylic acids is 3. The first-order chi connectivity index (χ1) is 16.3. The molecule has 3 heterocycles. The van der Waals surface area contributed by atoms with Crippen molar-refractivity contribution in [2.45, 2.75) is 45.1 Å². The molecule has 0 bridgehead atoms. The molecule has 2 aliphatic rings. The molecular formula is C26H33N5O3. The SMILES string of the molecule is CC(=O)N[C@@H](CC(C)C)C(=O)N1CC(c2ccc(NC(=O)N3CC(c4cccnc4)C3)cc2)C1. The maximum atomic E-state index is 12.8. The summed E-state index contributed by atoms with van der Waals surface area (Å²) in [5.41, 5.74) is 3.06. The number of hydrogen-bond acceptors (Lipinski definition) is 4. The van der Waals surface area contributed by atoms with Gasteiger partial charge in [0.05, 0.1) is 0 Å². The first kappa shape index (κ1) is 23.7. The van der Waals surface area contributed by atoms with Gasteiger partial charge in [-0.2, -0.15) is 0 Å². The van der Waals surface area contributed by atoms with E-state index in [0.29, 0.717) is 44.4 Å². The Bertz CT molecular complexity index is 1010. The number of anilines is 1. The van der Waals surface area contributed by atoms with Crippen molar-refractivity contribution < 1.29 is 14.4 Å². The molecule has 2 fully saturated rings. The van der Waals surface area contributed by atoms with Crippen LogP contribution in [0.2, 0.25) is 0 Å². The Kier molecular flexibility index (Phi) is 7.14. The van der Waals surface area contributed by atoms with Gasteiger partial charge in [-0.15, -0.1) is 0 Å². The zero-order valence-electron chi connectivity index (χ0n) is 20.0. The zero-order valence-corrected chi connectivity index (χ0v) is 20.0. The first-order valence-electron chi connectivity index (χ1n) is 11.9. The smallest absolute Gasteiger partial charge is 0.321 e. The Hall–Kier alpha value is -3.42. The number of hydrogen-bond donors (Lipinski definition) is 2. The number of likely N-dealkylation sites (tertiary alicyclic amines) is 2. The molecule has 0 aliphatic carbocycles. The van der Waals surface area contributed by atoms with E-state index in [4.69, 9.17) is 0 Å².